The molecule has 5 nitrogen and oxygen atoms in total. The van der Waals surface area contributed by atoms with Crippen LogP contribution in [-0.2, 0) is 23.7 Å². The number of rotatable bonds is 7. The Morgan fingerprint density at radius 2 is 2.21 bits per heavy atom. The molecule has 2 saturated heterocycles. The Morgan fingerprint density at radius 1 is 1.42 bits per heavy atom. The molecular weight excluding hydrogens is 248 g/mol. The van der Waals surface area contributed by atoms with Crippen LogP contribution in [0.2, 0.25) is 0 Å². The van der Waals surface area contributed by atoms with Gasteiger partial charge < -0.3 is 18.9 Å². The van der Waals surface area contributed by atoms with Gasteiger partial charge in [0.15, 0.2) is 12.6 Å². The average molecular weight is 272 g/mol. The molecule has 0 saturated carbocycles. The summed E-state index contributed by atoms with van der Waals surface area (Å²) in [5.74, 6) is -0.130. The minimum atomic E-state index is -0.389. The summed E-state index contributed by atoms with van der Waals surface area (Å²) in [5, 5.41) is 0. The van der Waals surface area contributed by atoms with Gasteiger partial charge in [-0.3, -0.25) is 4.79 Å². The molecule has 110 valence electrons. The van der Waals surface area contributed by atoms with Crippen LogP contribution in [0.25, 0.3) is 0 Å². The van der Waals surface area contributed by atoms with Crippen molar-refractivity contribution in [1.82, 2.24) is 0 Å². The van der Waals surface area contributed by atoms with E-state index >= 15 is 0 Å². The normalized spacial score (nSPS) is 35.2. The van der Waals surface area contributed by atoms with Gasteiger partial charge in [0.25, 0.3) is 0 Å². The van der Waals surface area contributed by atoms with E-state index in [9.17, 15) is 4.79 Å². The van der Waals surface area contributed by atoms with Crippen molar-refractivity contribution in [3.05, 3.63) is 0 Å². The summed E-state index contributed by atoms with van der Waals surface area (Å²) >= 11 is 0. The fraction of sp³-hybridized carbons (Fsp3) is 0.929. The van der Waals surface area contributed by atoms with E-state index in [0.717, 1.165) is 19.3 Å². The number of fused-ring (bicyclic) bond motifs is 1. The number of unbranched alkanes of at least 4 members (excludes halogenated alkanes) is 1. The van der Waals surface area contributed by atoms with Gasteiger partial charge in [0, 0.05) is 6.61 Å². The lowest BCUT2D eigenvalue weighted by Crippen LogP contribution is -2.28. The van der Waals surface area contributed by atoms with Gasteiger partial charge in [0.05, 0.1) is 18.4 Å². The average Bonchev–Trinajstić information content (AvgIpc) is 2.87. The zero-order chi connectivity index (χ0) is 13.8. The maximum absolute atomic E-state index is 11.5. The van der Waals surface area contributed by atoms with Crippen molar-refractivity contribution in [2.75, 3.05) is 6.61 Å². The molecule has 2 aliphatic heterocycles. The van der Waals surface area contributed by atoms with E-state index in [2.05, 4.69) is 6.92 Å². The van der Waals surface area contributed by atoms with Crippen LogP contribution in [-0.4, -0.2) is 37.4 Å². The maximum Gasteiger partial charge on any atom is 0.306 e. The van der Waals surface area contributed by atoms with Crippen molar-refractivity contribution in [2.45, 2.75) is 71.2 Å². The molecular formula is C14H24O5. The summed E-state index contributed by atoms with van der Waals surface area (Å²) in [6.07, 6.45) is 2.58. The monoisotopic (exact) mass is 272 g/mol. The predicted molar refractivity (Wildman–Crippen MR) is 68.3 cm³/mol. The van der Waals surface area contributed by atoms with Crippen LogP contribution < -0.4 is 0 Å². The van der Waals surface area contributed by atoms with E-state index in [1.165, 1.54) is 0 Å². The van der Waals surface area contributed by atoms with Crippen LogP contribution in [0.1, 0.15) is 46.5 Å². The Morgan fingerprint density at radius 3 is 2.89 bits per heavy atom. The topological polar surface area (TPSA) is 54.0 Å². The molecule has 0 N–H and O–H groups in total. The number of carbonyl (C=O) groups excluding carboxylic acids is 1. The molecule has 0 amide bonds. The van der Waals surface area contributed by atoms with Crippen molar-refractivity contribution in [3.63, 3.8) is 0 Å². The fourth-order valence-corrected chi connectivity index (χ4v) is 2.78. The van der Waals surface area contributed by atoms with E-state index in [4.69, 9.17) is 18.9 Å². The number of carbonyl (C=O) groups is 1. The van der Waals surface area contributed by atoms with Crippen LogP contribution in [0, 0.1) is 5.92 Å². The Labute approximate surface area is 114 Å². The molecule has 0 spiro atoms. The predicted octanol–water partition coefficient (Wildman–Crippen LogP) is 2.23. The van der Waals surface area contributed by atoms with E-state index < -0.39 is 0 Å². The standard InChI is InChI=1S/C14H24O5/c1-4-6-7-11-13-10(8-12(15)19-13)14(18-11)17-9(3)16-5-2/h9-11,13-14H,4-8H2,1-3H3. The van der Waals surface area contributed by atoms with Gasteiger partial charge in [0.1, 0.15) is 6.10 Å². The molecule has 0 aliphatic carbocycles. The van der Waals surface area contributed by atoms with Crippen molar-refractivity contribution >= 4 is 5.97 Å². The van der Waals surface area contributed by atoms with Crippen molar-refractivity contribution in [1.29, 1.82) is 0 Å². The fourth-order valence-electron chi connectivity index (χ4n) is 2.78. The zero-order valence-electron chi connectivity index (χ0n) is 12.0. The summed E-state index contributed by atoms with van der Waals surface area (Å²) in [4.78, 5) is 11.5. The van der Waals surface area contributed by atoms with Gasteiger partial charge in [-0.2, -0.15) is 0 Å². The third-order valence-corrected chi connectivity index (χ3v) is 3.69. The van der Waals surface area contributed by atoms with Crippen LogP contribution in [0.4, 0.5) is 0 Å². The molecule has 2 heterocycles. The first-order valence-electron chi connectivity index (χ1n) is 7.27. The lowest BCUT2D eigenvalue weighted by molar-refractivity contribution is -0.242. The molecule has 0 bridgehead atoms. The van der Waals surface area contributed by atoms with Gasteiger partial charge in [-0.15, -0.1) is 0 Å². The lowest BCUT2D eigenvalue weighted by Gasteiger charge is -2.21. The molecule has 2 rings (SSSR count). The first-order valence-corrected chi connectivity index (χ1v) is 7.27. The van der Waals surface area contributed by atoms with Crippen molar-refractivity contribution in [2.24, 2.45) is 5.92 Å². The SMILES string of the molecule is CCCCC1OC(OC(C)OCC)C2CC(=O)OC12. The maximum atomic E-state index is 11.5. The summed E-state index contributed by atoms with van der Waals surface area (Å²) in [7, 11) is 0. The first kappa shape index (κ1) is 14.8. The zero-order valence-corrected chi connectivity index (χ0v) is 12.0. The third kappa shape index (κ3) is 3.46. The molecule has 0 radical (unpaired) electrons. The molecule has 2 fully saturated rings. The van der Waals surface area contributed by atoms with Crippen LogP contribution in [0.3, 0.4) is 0 Å². The summed E-state index contributed by atoms with van der Waals surface area (Å²) in [6, 6.07) is 0. The minimum absolute atomic E-state index is 0.0114. The Bertz CT molecular complexity index is 306. The van der Waals surface area contributed by atoms with Crippen molar-refractivity contribution < 1.29 is 23.7 Å². The molecule has 0 aromatic rings. The minimum Gasteiger partial charge on any atom is -0.459 e. The second kappa shape index (κ2) is 6.68. The lowest BCUT2D eigenvalue weighted by atomic mass is 9.97. The molecule has 19 heavy (non-hydrogen) atoms. The van der Waals surface area contributed by atoms with E-state index in [0.29, 0.717) is 13.0 Å². The van der Waals surface area contributed by atoms with E-state index in [1.54, 1.807) is 0 Å². The summed E-state index contributed by atoms with van der Waals surface area (Å²) in [6.45, 7) is 6.50. The van der Waals surface area contributed by atoms with E-state index in [-0.39, 0.29) is 36.7 Å². The van der Waals surface area contributed by atoms with Gasteiger partial charge in [-0.1, -0.05) is 19.8 Å². The second-order valence-corrected chi connectivity index (χ2v) is 5.17. The first-order chi connectivity index (χ1) is 9.15. The quantitative estimate of drug-likeness (QED) is 0.525. The molecule has 2 aliphatic rings. The third-order valence-electron chi connectivity index (χ3n) is 3.69. The highest BCUT2D eigenvalue weighted by Crippen LogP contribution is 2.40. The molecule has 5 atom stereocenters. The summed E-state index contributed by atoms with van der Waals surface area (Å²) < 4.78 is 22.4. The van der Waals surface area contributed by atoms with E-state index in [1.807, 2.05) is 13.8 Å². The number of hydrogen-bond acceptors (Lipinski definition) is 5. The second-order valence-electron chi connectivity index (χ2n) is 5.17. The Hall–Kier alpha value is -0.650. The smallest absolute Gasteiger partial charge is 0.306 e. The molecule has 0 aromatic carbocycles. The molecule has 5 unspecified atom stereocenters. The largest absolute Gasteiger partial charge is 0.459 e. The molecule has 0 aromatic heterocycles. The van der Waals surface area contributed by atoms with Crippen LogP contribution in [0.15, 0.2) is 0 Å². The summed E-state index contributed by atoms with van der Waals surface area (Å²) in [5.41, 5.74) is 0. The van der Waals surface area contributed by atoms with Gasteiger partial charge in [0.2, 0.25) is 0 Å². The van der Waals surface area contributed by atoms with Gasteiger partial charge >= 0.3 is 5.97 Å². The number of hydrogen-bond donors (Lipinski definition) is 0. The highest BCUT2D eigenvalue weighted by atomic mass is 16.8. The molecule has 5 heteroatoms. The highest BCUT2D eigenvalue weighted by molar-refractivity contribution is 5.72. The number of ether oxygens (including phenoxy) is 4. The van der Waals surface area contributed by atoms with Gasteiger partial charge in [-0.05, 0) is 20.3 Å². The highest BCUT2D eigenvalue weighted by Gasteiger charge is 2.52. The Kier molecular flexibility index (Phi) is 5.19. The van der Waals surface area contributed by atoms with Crippen LogP contribution in [0.5, 0.6) is 0 Å². The van der Waals surface area contributed by atoms with Crippen molar-refractivity contribution in [3.8, 4) is 0 Å². The number of esters is 1. The Balaban J connectivity index is 1.94. The van der Waals surface area contributed by atoms with Crippen LogP contribution >= 0.6 is 0 Å². The van der Waals surface area contributed by atoms with Gasteiger partial charge in [-0.25, -0.2) is 0 Å².